The topological polar surface area (TPSA) is 75.7 Å². The normalized spacial score (nSPS) is 16.5. The molecule has 0 bridgehead atoms. The maximum atomic E-state index is 12.2. The maximum Gasteiger partial charge on any atom is 0.315 e. The van der Waals surface area contributed by atoms with Gasteiger partial charge < -0.3 is 20.1 Å². The number of amides is 2. The van der Waals surface area contributed by atoms with E-state index in [4.69, 9.17) is 9.47 Å². The summed E-state index contributed by atoms with van der Waals surface area (Å²) in [4.78, 5) is 18.7. The van der Waals surface area contributed by atoms with Crippen molar-refractivity contribution >= 4 is 6.03 Å². The predicted octanol–water partition coefficient (Wildman–Crippen LogP) is 1.64. The lowest BCUT2D eigenvalue weighted by molar-refractivity contribution is 0.0129. The van der Waals surface area contributed by atoms with E-state index in [1.165, 1.54) is 0 Å². The summed E-state index contributed by atoms with van der Waals surface area (Å²) >= 11 is 0. The molecule has 25 heavy (non-hydrogen) atoms. The monoisotopic (exact) mass is 350 g/mol. The van der Waals surface area contributed by atoms with Crippen LogP contribution in [0.2, 0.25) is 0 Å². The van der Waals surface area contributed by atoms with Gasteiger partial charge in [-0.2, -0.15) is 0 Å². The lowest BCUT2D eigenvalue weighted by atomic mass is 10.0. The number of urea groups is 1. The summed E-state index contributed by atoms with van der Waals surface area (Å²) in [5.41, 5.74) is 0.854. The van der Waals surface area contributed by atoms with E-state index < -0.39 is 0 Å². The van der Waals surface area contributed by atoms with Crippen molar-refractivity contribution in [2.75, 3.05) is 40.0 Å². The summed E-state index contributed by atoms with van der Waals surface area (Å²) in [6, 6.07) is 3.88. The van der Waals surface area contributed by atoms with Crippen LogP contribution in [-0.2, 0) is 11.3 Å². The van der Waals surface area contributed by atoms with Crippen molar-refractivity contribution in [3.8, 4) is 5.88 Å². The third-order valence-corrected chi connectivity index (χ3v) is 4.29. The molecule has 2 heterocycles. The zero-order valence-corrected chi connectivity index (χ0v) is 15.5. The van der Waals surface area contributed by atoms with E-state index in [9.17, 15) is 4.79 Å². The second-order valence-corrected chi connectivity index (χ2v) is 6.67. The van der Waals surface area contributed by atoms with Gasteiger partial charge in [0.2, 0.25) is 5.88 Å². The molecule has 2 N–H and O–H groups in total. The average Bonchev–Trinajstić information content (AvgIpc) is 2.64. The number of ether oxygens (including phenoxy) is 2. The molecular weight excluding hydrogens is 320 g/mol. The number of pyridine rings is 1. The van der Waals surface area contributed by atoms with Gasteiger partial charge in [0.05, 0.1) is 20.3 Å². The number of morpholine rings is 1. The number of hydrogen-bond donors (Lipinski definition) is 2. The summed E-state index contributed by atoms with van der Waals surface area (Å²) in [5.74, 6) is 1.12. The molecule has 1 aromatic heterocycles. The molecule has 1 fully saturated rings. The van der Waals surface area contributed by atoms with Gasteiger partial charge in [-0.15, -0.1) is 0 Å². The minimum atomic E-state index is -0.173. The van der Waals surface area contributed by atoms with Gasteiger partial charge in [-0.3, -0.25) is 4.90 Å². The van der Waals surface area contributed by atoms with E-state index in [1.807, 2.05) is 12.1 Å². The number of nitrogens with zero attached hydrogens (tertiary/aromatic N) is 2. The van der Waals surface area contributed by atoms with E-state index in [1.54, 1.807) is 13.3 Å². The Hall–Kier alpha value is -1.86. The Balaban J connectivity index is 1.81. The first-order valence-electron chi connectivity index (χ1n) is 8.91. The third-order valence-electron chi connectivity index (χ3n) is 4.29. The molecule has 1 aliphatic heterocycles. The second-order valence-electron chi connectivity index (χ2n) is 6.67. The molecule has 0 saturated carbocycles. The summed E-state index contributed by atoms with van der Waals surface area (Å²) in [7, 11) is 1.57. The van der Waals surface area contributed by atoms with E-state index >= 15 is 0 Å². The smallest absolute Gasteiger partial charge is 0.315 e. The maximum absolute atomic E-state index is 12.2. The Labute approximate surface area is 150 Å². The van der Waals surface area contributed by atoms with Crippen molar-refractivity contribution in [2.24, 2.45) is 5.92 Å². The molecule has 1 atom stereocenters. The SMILES string of the molecule is COc1ncccc1CNC(=O)NCC(CC(C)C)N1CCOCC1. The lowest BCUT2D eigenvalue weighted by Gasteiger charge is -2.35. The molecule has 1 aliphatic rings. The van der Waals surface area contributed by atoms with Gasteiger partial charge in [-0.05, 0) is 18.4 Å². The highest BCUT2D eigenvalue weighted by atomic mass is 16.5. The van der Waals surface area contributed by atoms with Gasteiger partial charge in [0.25, 0.3) is 0 Å². The van der Waals surface area contributed by atoms with Gasteiger partial charge in [0.15, 0.2) is 0 Å². The first-order valence-corrected chi connectivity index (χ1v) is 8.91. The fourth-order valence-electron chi connectivity index (χ4n) is 3.04. The molecule has 140 valence electrons. The third kappa shape index (κ3) is 6.51. The van der Waals surface area contributed by atoms with Gasteiger partial charge in [0, 0.05) is 44.0 Å². The van der Waals surface area contributed by atoms with Crippen LogP contribution in [0.1, 0.15) is 25.8 Å². The van der Waals surface area contributed by atoms with Crippen LogP contribution in [0.4, 0.5) is 4.79 Å². The zero-order chi connectivity index (χ0) is 18.1. The van der Waals surface area contributed by atoms with Crippen molar-refractivity contribution < 1.29 is 14.3 Å². The number of methoxy groups -OCH3 is 1. The van der Waals surface area contributed by atoms with Crippen LogP contribution in [0.3, 0.4) is 0 Å². The van der Waals surface area contributed by atoms with Crippen molar-refractivity contribution in [3.05, 3.63) is 23.9 Å². The number of rotatable bonds is 8. The Kier molecular flexibility index (Phi) is 7.94. The molecule has 0 radical (unpaired) electrons. The van der Waals surface area contributed by atoms with Crippen LogP contribution in [0.15, 0.2) is 18.3 Å². The fourth-order valence-corrected chi connectivity index (χ4v) is 3.04. The van der Waals surface area contributed by atoms with Gasteiger partial charge in [0.1, 0.15) is 0 Å². The summed E-state index contributed by atoms with van der Waals surface area (Å²) in [6.45, 7) is 8.82. The van der Waals surface area contributed by atoms with E-state index in [2.05, 4.69) is 34.4 Å². The lowest BCUT2D eigenvalue weighted by Crippen LogP contribution is -2.50. The van der Waals surface area contributed by atoms with Crippen LogP contribution in [0.5, 0.6) is 5.88 Å². The molecule has 1 unspecified atom stereocenters. The first-order chi connectivity index (χ1) is 12.1. The van der Waals surface area contributed by atoms with Crippen molar-refractivity contribution in [1.82, 2.24) is 20.5 Å². The largest absolute Gasteiger partial charge is 0.481 e. The molecule has 0 aromatic carbocycles. The minimum Gasteiger partial charge on any atom is -0.481 e. The van der Waals surface area contributed by atoms with Crippen LogP contribution >= 0.6 is 0 Å². The van der Waals surface area contributed by atoms with Crippen LogP contribution in [-0.4, -0.2) is 61.9 Å². The highest BCUT2D eigenvalue weighted by molar-refractivity contribution is 5.73. The Morgan fingerprint density at radius 1 is 1.36 bits per heavy atom. The van der Waals surface area contributed by atoms with Crippen molar-refractivity contribution in [3.63, 3.8) is 0 Å². The molecule has 2 rings (SSSR count). The standard InChI is InChI=1S/C18H30N4O3/c1-14(2)11-16(22-7-9-25-10-8-22)13-21-18(23)20-12-15-5-4-6-19-17(15)24-3/h4-6,14,16H,7-13H2,1-3H3,(H2,20,21,23). The predicted molar refractivity (Wildman–Crippen MR) is 96.7 cm³/mol. The quantitative estimate of drug-likeness (QED) is 0.745. The van der Waals surface area contributed by atoms with Gasteiger partial charge >= 0.3 is 6.03 Å². The van der Waals surface area contributed by atoms with Crippen molar-refractivity contribution in [2.45, 2.75) is 32.9 Å². The summed E-state index contributed by atoms with van der Waals surface area (Å²) in [6.07, 6.45) is 2.72. The zero-order valence-electron chi connectivity index (χ0n) is 15.5. The van der Waals surface area contributed by atoms with Crippen LogP contribution in [0.25, 0.3) is 0 Å². The Morgan fingerprint density at radius 2 is 2.12 bits per heavy atom. The van der Waals surface area contributed by atoms with Crippen LogP contribution in [0, 0.1) is 5.92 Å². The minimum absolute atomic E-state index is 0.173. The van der Waals surface area contributed by atoms with Crippen LogP contribution < -0.4 is 15.4 Å². The van der Waals surface area contributed by atoms with E-state index in [0.29, 0.717) is 30.9 Å². The highest BCUT2D eigenvalue weighted by Gasteiger charge is 2.22. The van der Waals surface area contributed by atoms with Gasteiger partial charge in [-0.25, -0.2) is 9.78 Å². The molecule has 7 nitrogen and oxygen atoms in total. The molecule has 7 heteroatoms. The average molecular weight is 350 g/mol. The molecule has 1 saturated heterocycles. The molecule has 2 amide bonds. The fraction of sp³-hybridized carbons (Fsp3) is 0.667. The molecule has 0 spiro atoms. The number of carbonyl (C=O) groups is 1. The number of hydrogen-bond acceptors (Lipinski definition) is 5. The summed E-state index contributed by atoms with van der Waals surface area (Å²) < 4.78 is 10.6. The molecular formula is C18H30N4O3. The number of carbonyl (C=O) groups excluding carboxylic acids is 1. The highest BCUT2D eigenvalue weighted by Crippen LogP contribution is 2.14. The Morgan fingerprint density at radius 3 is 2.80 bits per heavy atom. The molecule has 0 aliphatic carbocycles. The molecule has 1 aromatic rings. The van der Waals surface area contributed by atoms with E-state index in [0.717, 1.165) is 38.3 Å². The summed E-state index contributed by atoms with van der Waals surface area (Å²) in [5, 5.41) is 5.87. The Bertz CT molecular complexity index is 533. The number of nitrogens with one attached hydrogen (secondary N) is 2. The second kappa shape index (κ2) is 10.2. The first kappa shape index (κ1) is 19.5. The number of aromatic nitrogens is 1. The van der Waals surface area contributed by atoms with Crippen molar-refractivity contribution in [1.29, 1.82) is 0 Å². The van der Waals surface area contributed by atoms with E-state index in [-0.39, 0.29) is 6.03 Å². The van der Waals surface area contributed by atoms with Gasteiger partial charge in [-0.1, -0.05) is 19.9 Å².